The summed E-state index contributed by atoms with van der Waals surface area (Å²) < 4.78 is 5.91. The molecule has 0 bridgehead atoms. The van der Waals surface area contributed by atoms with Gasteiger partial charge in [-0.05, 0) is 30.2 Å². The first-order valence-electron chi connectivity index (χ1n) is 8.15. The standard InChI is InChI=1S/C21H18N2O/c1-2-8-16(9-3-1)14-17-15-24-21(23-17)19-11-5-4-10-18(19)20-12-6-7-13-22-20/h1-13,17H,14-15H2/t17-/m0/s1. The molecule has 0 saturated carbocycles. The second-order valence-corrected chi connectivity index (χ2v) is 5.85. The molecule has 0 unspecified atom stereocenters. The Kier molecular flexibility index (Phi) is 4.07. The maximum absolute atomic E-state index is 5.91. The van der Waals surface area contributed by atoms with Gasteiger partial charge in [-0.15, -0.1) is 0 Å². The second-order valence-electron chi connectivity index (χ2n) is 5.85. The lowest BCUT2D eigenvalue weighted by atomic mass is 10.0. The lowest BCUT2D eigenvalue weighted by molar-refractivity contribution is 0.317. The molecule has 0 fully saturated rings. The van der Waals surface area contributed by atoms with Crippen LogP contribution < -0.4 is 0 Å². The van der Waals surface area contributed by atoms with Crippen LogP contribution in [0.1, 0.15) is 11.1 Å². The number of hydrogen-bond acceptors (Lipinski definition) is 3. The predicted molar refractivity (Wildman–Crippen MR) is 96.1 cm³/mol. The van der Waals surface area contributed by atoms with Gasteiger partial charge in [0.05, 0.1) is 11.7 Å². The van der Waals surface area contributed by atoms with E-state index in [-0.39, 0.29) is 6.04 Å². The minimum atomic E-state index is 0.166. The van der Waals surface area contributed by atoms with Crippen molar-refractivity contribution in [2.45, 2.75) is 12.5 Å². The number of rotatable bonds is 4. The molecule has 0 saturated heterocycles. The molecule has 0 radical (unpaired) electrons. The molecule has 2 heterocycles. The van der Waals surface area contributed by atoms with Crippen LogP contribution in [0.5, 0.6) is 0 Å². The van der Waals surface area contributed by atoms with Crippen molar-refractivity contribution in [2.24, 2.45) is 4.99 Å². The van der Waals surface area contributed by atoms with E-state index in [1.54, 1.807) is 0 Å². The van der Waals surface area contributed by atoms with Crippen LogP contribution in [0.3, 0.4) is 0 Å². The topological polar surface area (TPSA) is 34.5 Å². The minimum absolute atomic E-state index is 0.166. The van der Waals surface area contributed by atoms with Crippen LogP contribution in [0.25, 0.3) is 11.3 Å². The third-order valence-corrected chi connectivity index (χ3v) is 4.12. The Morgan fingerprint density at radius 1 is 0.833 bits per heavy atom. The molecule has 0 amide bonds. The van der Waals surface area contributed by atoms with Crippen molar-refractivity contribution in [1.82, 2.24) is 4.98 Å². The van der Waals surface area contributed by atoms with Crippen LogP contribution in [0.2, 0.25) is 0 Å². The van der Waals surface area contributed by atoms with Gasteiger partial charge in [0.25, 0.3) is 0 Å². The van der Waals surface area contributed by atoms with E-state index in [1.165, 1.54) is 5.56 Å². The molecule has 1 aromatic heterocycles. The smallest absolute Gasteiger partial charge is 0.217 e. The Bertz CT molecular complexity index is 844. The second kappa shape index (κ2) is 6.67. The number of benzene rings is 2. The predicted octanol–water partition coefficient (Wildman–Crippen LogP) is 4.14. The van der Waals surface area contributed by atoms with E-state index >= 15 is 0 Å². The molecule has 0 aliphatic carbocycles. The first-order valence-corrected chi connectivity index (χ1v) is 8.15. The highest BCUT2D eigenvalue weighted by molar-refractivity contribution is 6.01. The number of aliphatic imine (C=N–C) groups is 1. The lowest BCUT2D eigenvalue weighted by Gasteiger charge is -2.08. The molecule has 118 valence electrons. The Morgan fingerprint density at radius 3 is 2.38 bits per heavy atom. The highest BCUT2D eigenvalue weighted by Crippen LogP contribution is 2.25. The summed E-state index contributed by atoms with van der Waals surface area (Å²) in [5, 5.41) is 0. The summed E-state index contributed by atoms with van der Waals surface area (Å²) in [6, 6.07) is 24.7. The first kappa shape index (κ1) is 14.6. The summed E-state index contributed by atoms with van der Waals surface area (Å²) in [7, 11) is 0. The first-order chi connectivity index (χ1) is 11.9. The van der Waals surface area contributed by atoms with Crippen LogP contribution in [0, 0.1) is 0 Å². The van der Waals surface area contributed by atoms with E-state index in [9.17, 15) is 0 Å². The quantitative estimate of drug-likeness (QED) is 0.725. The molecule has 1 aliphatic heterocycles. The van der Waals surface area contributed by atoms with E-state index in [0.29, 0.717) is 6.61 Å². The van der Waals surface area contributed by atoms with Crippen molar-refractivity contribution >= 4 is 5.90 Å². The highest BCUT2D eigenvalue weighted by Gasteiger charge is 2.22. The van der Waals surface area contributed by atoms with Crippen molar-refractivity contribution in [3.8, 4) is 11.3 Å². The summed E-state index contributed by atoms with van der Waals surface area (Å²) in [6.45, 7) is 0.626. The van der Waals surface area contributed by atoms with Gasteiger partial charge in [0.15, 0.2) is 0 Å². The fourth-order valence-corrected chi connectivity index (χ4v) is 2.97. The van der Waals surface area contributed by atoms with E-state index in [2.05, 4.69) is 35.3 Å². The third kappa shape index (κ3) is 3.06. The largest absolute Gasteiger partial charge is 0.475 e. The van der Waals surface area contributed by atoms with Crippen molar-refractivity contribution in [1.29, 1.82) is 0 Å². The van der Waals surface area contributed by atoms with Gasteiger partial charge in [-0.3, -0.25) is 4.98 Å². The zero-order valence-electron chi connectivity index (χ0n) is 13.3. The molecule has 2 aromatic carbocycles. The van der Waals surface area contributed by atoms with Gasteiger partial charge in [0.1, 0.15) is 6.61 Å². The van der Waals surface area contributed by atoms with Gasteiger partial charge in [-0.1, -0.05) is 54.6 Å². The summed E-state index contributed by atoms with van der Waals surface area (Å²) in [6.07, 6.45) is 2.71. The lowest BCUT2D eigenvalue weighted by Crippen LogP contribution is -2.09. The molecule has 24 heavy (non-hydrogen) atoms. The number of pyridine rings is 1. The van der Waals surface area contributed by atoms with Gasteiger partial charge in [0.2, 0.25) is 5.90 Å². The van der Waals surface area contributed by atoms with Crippen LogP contribution in [0.15, 0.2) is 84.0 Å². The Balaban J connectivity index is 1.62. The molecule has 3 nitrogen and oxygen atoms in total. The minimum Gasteiger partial charge on any atom is -0.475 e. The van der Waals surface area contributed by atoms with Gasteiger partial charge in [-0.2, -0.15) is 0 Å². The van der Waals surface area contributed by atoms with E-state index in [4.69, 9.17) is 9.73 Å². The van der Waals surface area contributed by atoms with Crippen molar-refractivity contribution in [3.05, 3.63) is 90.1 Å². The van der Waals surface area contributed by atoms with Crippen LogP contribution in [-0.2, 0) is 11.2 Å². The zero-order chi connectivity index (χ0) is 16.2. The van der Waals surface area contributed by atoms with E-state index < -0.39 is 0 Å². The molecular weight excluding hydrogens is 296 g/mol. The van der Waals surface area contributed by atoms with Gasteiger partial charge < -0.3 is 4.74 Å². The van der Waals surface area contributed by atoms with Gasteiger partial charge in [0, 0.05) is 17.3 Å². The fourth-order valence-electron chi connectivity index (χ4n) is 2.97. The molecule has 4 rings (SSSR count). The van der Waals surface area contributed by atoms with Crippen LogP contribution in [-0.4, -0.2) is 23.5 Å². The van der Waals surface area contributed by atoms with Crippen LogP contribution >= 0.6 is 0 Å². The molecule has 0 N–H and O–H groups in total. The van der Waals surface area contributed by atoms with E-state index in [0.717, 1.165) is 29.1 Å². The fraction of sp³-hybridized carbons (Fsp3) is 0.143. The van der Waals surface area contributed by atoms with E-state index in [1.807, 2.05) is 48.7 Å². The number of aromatic nitrogens is 1. The Morgan fingerprint density at radius 2 is 1.58 bits per heavy atom. The van der Waals surface area contributed by atoms with Crippen LogP contribution in [0.4, 0.5) is 0 Å². The monoisotopic (exact) mass is 314 g/mol. The normalized spacial score (nSPS) is 16.5. The molecule has 3 aromatic rings. The van der Waals surface area contributed by atoms with Gasteiger partial charge >= 0.3 is 0 Å². The van der Waals surface area contributed by atoms with Gasteiger partial charge in [-0.25, -0.2) is 4.99 Å². The highest BCUT2D eigenvalue weighted by atomic mass is 16.5. The van der Waals surface area contributed by atoms with Crippen molar-refractivity contribution in [2.75, 3.05) is 6.61 Å². The third-order valence-electron chi connectivity index (χ3n) is 4.12. The summed E-state index contributed by atoms with van der Waals surface area (Å²) in [5.41, 5.74) is 4.28. The zero-order valence-corrected chi connectivity index (χ0v) is 13.3. The maximum atomic E-state index is 5.91. The average Bonchev–Trinajstić information content (AvgIpc) is 3.12. The Hall–Kier alpha value is -2.94. The van der Waals surface area contributed by atoms with Crippen molar-refractivity contribution < 1.29 is 4.74 Å². The number of ether oxygens (including phenoxy) is 1. The Labute approximate surface area is 141 Å². The average molecular weight is 314 g/mol. The molecule has 1 aliphatic rings. The molecule has 0 spiro atoms. The molecule has 3 heteroatoms. The number of nitrogens with zero attached hydrogens (tertiary/aromatic N) is 2. The summed E-state index contributed by atoms with van der Waals surface area (Å²) >= 11 is 0. The van der Waals surface area contributed by atoms with Crippen molar-refractivity contribution in [3.63, 3.8) is 0 Å². The summed E-state index contributed by atoms with van der Waals surface area (Å²) in [4.78, 5) is 9.26. The maximum Gasteiger partial charge on any atom is 0.217 e. The molecular formula is C21H18N2O. The molecule has 1 atom stereocenters. The summed E-state index contributed by atoms with van der Waals surface area (Å²) in [5.74, 6) is 0.720. The SMILES string of the molecule is c1ccc(C[C@H]2COC(c3ccccc3-c3ccccn3)=N2)cc1. The number of hydrogen-bond donors (Lipinski definition) is 0.